The summed E-state index contributed by atoms with van der Waals surface area (Å²) in [4.78, 5) is 11.5. The van der Waals surface area contributed by atoms with Crippen molar-refractivity contribution in [2.24, 2.45) is 0 Å². The van der Waals surface area contributed by atoms with Crippen LogP contribution in [0.25, 0.3) is 0 Å². The Morgan fingerprint density at radius 1 is 1.22 bits per heavy atom. The highest BCUT2D eigenvalue weighted by molar-refractivity contribution is 5.97. The quantitative estimate of drug-likeness (QED) is 0.519. The van der Waals surface area contributed by atoms with E-state index in [4.69, 9.17) is 9.47 Å². The number of Topliss-reactive ketones (excluding diaryl/α,β-unsaturated/α-hetero) is 1. The first kappa shape index (κ1) is 14.6. The van der Waals surface area contributed by atoms with Crippen molar-refractivity contribution >= 4 is 5.78 Å². The van der Waals surface area contributed by atoms with Gasteiger partial charge in [0.2, 0.25) is 0 Å². The third-order valence-electron chi connectivity index (χ3n) is 2.82. The van der Waals surface area contributed by atoms with Crippen LogP contribution >= 0.6 is 0 Å². The monoisotopic (exact) mass is 250 g/mol. The van der Waals surface area contributed by atoms with Gasteiger partial charge in [0.05, 0.1) is 19.3 Å². The predicted octanol–water partition coefficient (Wildman–Crippen LogP) is 3.86. The first-order chi connectivity index (χ1) is 8.69. The van der Waals surface area contributed by atoms with E-state index in [9.17, 15) is 4.79 Å². The van der Waals surface area contributed by atoms with Crippen molar-refractivity contribution in [2.45, 2.75) is 39.5 Å². The number of hydrogen-bond acceptors (Lipinski definition) is 3. The van der Waals surface area contributed by atoms with Gasteiger partial charge in [-0.1, -0.05) is 26.2 Å². The van der Waals surface area contributed by atoms with Crippen molar-refractivity contribution in [1.29, 1.82) is 0 Å². The van der Waals surface area contributed by atoms with Gasteiger partial charge < -0.3 is 9.47 Å². The van der Waals surface area contributed by atoms with Crippen molar-refractivity contribution in [3.05, 3.63) is 23.8 Å². The lowest BCUT2D eigenvalue weighted by Crippen LogP contribution is -2.03. The Kier molecular flexibility index (Phi) is 6.26. The van der Waals surface area contributed by atoms with E-state index in [1.165, 1.54) is 12.8 Å². The Hall–Kier alpha value is -1.51. The molecule has 0 N–H and O–H groups in total. The lowest BCUT2D eigenvalue weighted by Gasteiger charge is -2.11. The van der Waals surface area contributed by atoms with E-state index in [0.717, 1.165) is 12.8 Å². The number of rotatable bonds is 8. The van der Waals surface area contributed by atoms with E-state index in [1.54, 1.807) is 32.2 Å². The Balaban J connectivity index is 2.63. The van der Waals surface area contributed by atoms with E-state index in [1.807, 2.05) is 0 Å². The normalized spacial score (nSPS) is 10.2. The molecule has 0 unspecified atom stereocenters. The number of carbonyl (C=O) groups is 1. The molecular formula is C15H22O3. The molecule has 1 aromatic carbocycles. The maximum Gasteiger partial charge on any atom is 0.163 e. The fourth-order valence-electron chi connectivity index (χ4n) is 1.75. The van der Waals surface area contributed by atoms with Gasteiger partial charge in [0.1, 0.15) is 11.5 Å². The summed E-state index contributed by atoms with van der Waals surface area (Å²) < 4.78 is 10.8. The molecule has 0 aliphatic carbocycles. The number of hydrogen-bond donors (Lipinski definition) is 0. The van der Waals surface area contributed by atoms with Gasteiger partial charge >= 0.3 is 0 Å². The molecule has 0 atom stereocenters. The molecule has 3 nitrogen and oxygen atoms in total. The molecule has 1 aromatic rings. The molecule has 0 amide bonds. The highest BCUT2D eigenvalue weighted by Gasteiger charge is 2.09. The summed E-state index contributed by atoms with van der Waals surface area (Å²) in [6.07, 6.45) is 4.61. The SMILES string of the molecule is CCCCCCOc1cc(OC)ccc1C(C)=O. The van der Waals surface area contributed by atoms with Gasteiger partial charge in [-0.2, -0.15) is 0 Å². The van der Waals surface area contributed by atoms with Crippen LogP contribution in [0.1, 0.15) is 49.9 Å². The second-order valence-electron chi connectivity index (χ2n) is 4.33. The van der Waals surface area contributed by atoms with E-state index in [-0.39, 0.29) is 5.78 Å². The Labute approximate surface area is 109 Å². The fraction of sp³-hybridized carbons (Fsp3) is 0.533. The minimum atomic E-state index is 0.0150. The third-order valence-corrected chi connectivity index (χ3v) is 2.82. The van der Waals surface area contributed by atoms with Gasteiger partial charge in [-0.15, -0.1) is 0 Å². The summed E-state index contributed by atoms with van der Waals surface area (Å²) >= 11 is 0. The van der Waals surface area contributed by atoms with Crippen molar-refractivity contribution in [2.75, 3.05) is 13.7 Å². The zero-order valence-electron chi connectivity index (χ0n) is 11.5. The summed E-state index contributed by atoms with van der Waals surface area (Å²) in [6, 6.07) is 5.31. The maximum absolute atomic E-state index is 11.5. The molecular weight excluding hydrogens is 228 g/mol. The van der Waals surface area contributed by atoms with E-state index in [2.05, 4.69) is 6.92 Å². The number of ether oxygens (including phenoxy) is 2. The molecule has 0 bridgehead atoms. The van der Waals surface area contributed by atoms with Crippen LogP contribution in [0.3, 0.4) is 0 Å². The average molecular weight is 250 g/mol. The summed E-state index contributed by atoms with van der Waals surface area (Å²) in [7, 11) is 1.60. The van der Waals surface area contributed by atoms with Gasteiger partial charge in [0, 0.05) is 6.07 Å². The van der Waals surface area contributed by atoms with Crippen molar-refractivity contribution in [3.63, 3.8) is 0 Å². The molecule has 18 heavy (non-hydrogen) atoms. The summed E-state index contributed by atoms with van der Waals surface area (Å²) in [5.41, 5.74) is 0.617. The van der Waals surface area contributed by atoms with E-state index in [0.29, 0.717) is 23.7 Å². The molecule has 0 heterocycles. The molecule has 0 aromatic heterocycles. The van der Waals surface area contributed by atoms with Gasteiger partial charge in [0.15, 0.2) is 5.78 Å². The first-order valence-corrected chi connectivity index (χ1v) is 6.50. The lowest BCUT2D eigenvalue weighted by molar-refractivity contribution is 0.101. The number of ketones is 1. The van der Waals surface area contributed by atoms with Gasteiger partial charge in [-0.05, 0) is 25.5 Å². The number of benzene rings is 1. The minimum Gasteiger partial charge on any atom is -0.497 e. The largest absolute Gasteiger partial charge is 0.497 e. The van der Waals surface area contributed by atoms with Crippen molar-refractivity contribution in [1.82, 2.24) is 0 Å². The standard InChI is InChI=1S/C15H22O3/c1-4-5-6-7-10-18-15-11-13(17-3)8-9-14(15)12(2)16/h8-9,11H,4-7,10H2,1-3H3. The van der Waals surface area contributed by atoms with Crippen LogP contribution in [-0.4, -0.2) is 19.5 Å². The van der Waals surface area contributed by atoms with Crippen LogP contribution in [0.2, 0.25) is 0 Å². The molecule has 3 heteroatoms. The second kappa shape index (κ2) is 7.75. The van der Waals surface area contributed by atoms with Crippen LogP contribution in [0, 0.1) is 0 Å². The first-order valence-electron chi connectivity index (χ1n) is 6.50. The lowest BCUT2D eigenvalue weighted by atomic mass is 10.1. The summed E-state index contributed by atoms with van der Waals surface area (Å²) in [5.74, 6) is 1.35. The Morgan fingerprint density at radius 3 is 2.61 bits per heavy atom. The molecule has 0 saturated carbocycles. The van der Waals surface area contributed by atoms with Crippen molar-refractivity contribution < 1.29 is 14.3 Å². The Morgan fingerprint density at radius 2 is 2.00 bits per heavy atom. The van der Waals surface area contributed by atoms with Crippen LogP contribution in [0.4, 0.5) is 0 Å². The highest BCUT2D eigenvalue weighted by atomic mass is 16.5. The number of carbonyl (C=O) groups excluding carboxylic acids is 1. The zero-order chi connectivity index (χ0) is 13.4. The third kappa shape index (κ3) is 4.40. The maximum atomic E-state index is 11.5. The van der Waals surface area contributed by atoms with Gasteiger partial charge in [-0.25, -0.2) is 0 Å². The number of methoxy groups -OCH3 is 1. The zero-order valence-corrected chi connectivity index (χ0v) is 11.5. The van der Waals surface area contributed by atoms with Crippen LogP contribution in [0.15, 0.2) is 18.2 Å². The minimum absolute atomic E-state index is 0.0150. The van der Waals surface area contributed by atoms with Crippen LogP contribution in [-0.2, 0) is 0 Å². The second-order valence-corrected chi connectivity index (χ2v) is 4.33. The topological polar surface area (TPSA) is 35.5 Å². The van der Waals surface area contributed by atoms with Crippen molar-refractivity contribution in [3.8, 4) is 11.5 Å². The molecule has 0 aliphatic rings. The van der Waals surface area contributed by atoms with Gasteiger partial charge in [-0.3, -0.25) is 4.79 Å². The van der Waals surface area contributed by atoms with E-state index < -0.39 is 0 Å². The van der Waals surface area contributed by atoms with Crippen LogP contribution in [0.5, 0.6) is 11.5 Å². The molecule has 1 rings (SSSR count). The predicted molar refractivity (Wildman–Crippen MR) is 72.6 cm³/mol. The molecule has 100 valence electrons. The Bertz CT molecular complexity index is 385. The average Bonchev–Trinajstić information content (AvgIpc) is 2.38. The molecule has 0 radical (unpaired) electrons. The van der Waals surface area contributed by atoms with E-state index >= 15 is 0 Å². The van der Waals surface area contributed by atoms with Crippen LogP contribution < -0.4 is 9.47 Å². The molecule has 0 spiro atoms. The number of unbranched alkanes of at least 4 members (excludes halogenated alkanes) is 3. The molecule has 0 aliphatic heterocycles. The van der Waals surface area contributed by atoms with Gasteiger partial charge in [0.25, 0.3) is 0 Å². The smallest absolute Gasteiger partial charge is 0.163 e. The molecule has 0 saturated heterocycles. The highest BCUT2D eigenvalue weighted by Crippen LogP contribution is 2.25. The fourth-order valence-corrected chi connectivity index (χ4v) is 1.75. The summed E-state index contributed by atoms with van der Waals surface area (Å²) in [6.45, 7) is 4.37. The summed E-state index contributed by atoms with van der Waals surface area (Å²) in [5, 5.41) is 0. The molecule has 0 fully saturated rings.